The minimum atomic E-state index is -3.85. The Bertz CT molecular complexity index is 1380. The number of sulfonamides is 1. The number of nitrogens with one attached hydrogen (secondary N) is 1. The number of benzene rings is 2. The predicted octanol–water partition coefficient (Wildman–Crippen LogP) is 4.39. The van der Waals surface area contributed by atoms with Crippen molar-refractivity contribution in [3.05, 3.63) is 95.9 Å². The van der Waals surface area contributed by atoms with Gasteiger partial charge in [0, 0.05) is 35.1 Å². The fraction of sp³-hybridized carbons (Fsp3) is 0.0833. The zero-order valence-corrected chi connectivity index (χ0v) is 17.1. The van der Waals surface area contributed by atoms with E-state index in [-0.39, 0.29) is 4.90 Å². The third-order valence-electron chi connectivity index (χ3n) is 4.60. The first kappa shape index (κ1) is 19.6. The maximum Gasteiger partial charge on any atom is 0.264 e. The molecule has 0 radical (unpaired) electrons. The summed E-state index contributed by atoms with van der Waals surface area (Å²) in [6.07, 6.45) is 5.96. The zero-order chi connectivity index (χ0) is 21.0. The molecule has 2 aromatic heterocycles. The number of fused-ring (bicyclic) bond motifs is 1. The van der Waals surface area contributed by atoms with Gasteiger partial charge in [-0.2, -0.15) is 0 Å². The number of hydrogen-bond acceptors (Lipinski definition) is 4. The van der Waals surface area contributed by atoms with Crippen LogP contribution in [-0.2, 0) is 16.4 Å². The SMILES string of the molecule is CCc1cncc(C#Cc2ccccc2NS(=O)(=O)c2cccc3cccnc23)c1. The van der Waals surface area contributed by atoms with Crippen LogP contribution in [0.2, 0.25) is 0 Å². The second-order valence-electron chi connectivity index (χ2n) is 6.67. The van der Waals surface area contributed by atoms with Crippen LogP contribution in [0.3, 0.4) is 0 Å². The third-order valence-corrected chi connectivity index (χ3v) is 6.00. The standard InChI is InChI=1S/C24H19N3O2S/c1-2-18-15-19(17-25-16-18)12-13-20-7-3-4-10-22(20)27-30(28,29)23-11-5-8-21-9-6-14-26-24(21)23/h3-11,14-17,27H,2H2,1H3. The van der Waals surface area contributed by atoms with Gasteiger partial charge in [0.15, 0.2) is 0 Å². The summed E-state index contributed by atoms with van der Waals surface area (Å²) in [4.78, 5) is 8.57. The van der Waals surface area contributed by atoms with E-state index < -0.39 is 10.0 Å². The number of aromatic nitrogens is 2. The minimum Gasteiger partial charge on any atom is -0.278 e. The van der Waals surface area contributed by atoms with E-state index in [2.05, 4.69) is 33.5 Å². The number of para-hydroxylation sites is 2. The second kappa shape index (κ2) is 8.36. The van der Waals surface area contributed by atoms with Gasteiger partial charge >= 0.3 is 0 Å². The number of pyridine rings is 2. The second-order valence-corrected chi connectivity index (χ2v) is 8.32. The molecule has 0 saturated heterocycles. The highest BCUT2D eigenvalue weighted by molar-refractivity contribution is 7.93. The first-order valence-corrected chi connectivity index (χ1v) is 11.0. The van der Waals surface area contributed by atoms with E-state index >= 15 is 0 Å². The Morgan fingerprint density at radius 2 is 1.80 bits per heavy atom. The van der Waals surface area contributed by atoms with Crippen molar-refractivity contribution in [3.8, 4) is 11.8 Å². The highest BCUT2D eigenvalue weighted by atomic mass is 32.2. The van der Waals surface area contributed by atoms with Gasteiger partial charge in [0.05, 0.1) is 11.2 Å². The van der Waals surface area contributed by atoms with E-state index in [9.17, 15) is 8.42 Å². The molecule has 0 aliphatic rings. The van der Waals surface area contributed by atoms with Crippen LogP contribution in [0.5, 0.6) is 0 Å². The van der Waals surface area contributed by atoms with Crippen molar-refractivity contribution >= 4 is 26.6 Å². The molecule has 0 aliphatic heterocycles. The average Bonchev–Trinajstić information content (AvgIpc) is 2.78. The predicted molar refractivity (Wildman–Crippen MR) is 119 cm³/mol. The van der Waals surface area contributed by atoms with E-state index in [4.69, 9.17) is 0 Å². The Morgan fingerprint density at radius 3 is 2.67 bits per heavy atom. The molecule has 0 atom stereocenters. The maximum atomic E-state index is 13.1. The first-order chi connectivity index (χ1) is 14.6. The quantitative estimate of drug-likeness (QED) is 0.504. The summed E-state index contributed by atoms with van der Waals surface area (Å²) in [6.45, 7) is 2.06. The van der Waals surface area contributed by atoms with Crippen molar-refractivity contribution in [3.63, 3.8) is 0 Å². The number of rotatable bonds is 4. The molecule has 0 aliphatic carbocycles. The number of aryl methyl sites for hydroxylation is 1. The zero-order valence-electron chi connectivity index (χ0n) is 16.3. The van der Waals surface area contributed by atoms with Gasteiger partial charge in [0.2, 0.25) is 0 Å². The molecule has 2 heterocycles. The van der Waals surface area contributed by atoms with Crippen LogP contribution >= 0.6 is 0 Å². The monoisotopic (exact) mass is 413 g/mol. The lowest BCUT2D eigenvalue weighted by Crippen LogP contribution is -2.14. The molecular weight excluding hydrogens is 394 g/mol. The van der Waals surface area contributed by atoms with Crippen molar-refractivity contribution < 1.29 is 8.42 Å². The Balaban J connectivity index is 1.70. The summed E-state index contributed by atoms with van der Waals surface area (Å²) in [5.74, 6) is 6.13. The molecule has 0 unspecified atom stereocenters. The van der Waals surface area contributed by atoms with Crippen LogP contribution in [0.15, 0.2) is 84.1 Å². The smallest absolute Gasteiger partial charge is 0.264 e. The van der Waals surface area contributed by atoms with Crippen LogP contribution < -0.4 is 4.72 Å². The molecule has 0 spiro atoms. The summed E-state index contributed by atoms with van der Waals surface area (Å²) in [6, 6.07) is 17.7. The summed E-state index contributed by atoms with van der Waals surface area (Å²) in [5.41, 5.74) is 3.30. The Hall–Kier alpha value is -3.69. The Labute approximate surface area is 175 Å². The average molecular weight is 414 g/mol. The topological polar surface area (TPSA) is 72.0 Å². The van der Waals surface area contributed by atoms with Crippen molar-refractivity contribution in [2.75, 3.05) is 4.72 Å². The normalized spacial score (nSPS) is 11.0. The molecule has 5 nitrogen and oxygen atoms in total. The van der Waals surface area contributed by atoms with Crippen LogP contribution in [0.25, 0.3) is 10.9 Å². The van der Waals surface area contributed by atoms with Crippen LogP contribution in [0.4, 0.5) is 5.69 Å². The van der Waals surface area contributed by atoms with Crippen molar-refractivity contribution in [1.82, 2.24) is 9.97 Å². The van der Waals surface area contributed by atoms with Gasteiger partial charge in [-0.15, -0.1) is 0 Å². The lowest BCUT2D eigenvalue weighted by atomic mass is 10.1. The maximum absolute atomic E-state index is 13.1. The fourth-order valence-corrected chi connectivity index (χ4v) is 4.32. The van der Waals surface area contributed by atoms with Gasteiger partial charge < -0.3 is 0 Å². The largest absolute Gasteiger partial charge is 0.278 e. The molecule has 30 heavy (non-hydrogen) atoms. The molecule has 148 valence electrons. The van der Waals surface area contributed by atoms with Crippen LogP contribution in [0, 0.1) is 11.8 Å². The van der Waals surface area contributed by atoms with E-state index in [1.165, 1.54) is 0 Å². The summed E-state index contributed by atoms with van der Waals surface area (Å²) < 4.78 is 28.9. The van der Waals surface area contributed by atoms with Crippen LogP contribution in [0.1, 0.15) is 23.6 Å². The number of hydrogen-bond donors (Lipinski definition) is 1. The van der Waals surface area contributed by atoms with Crippen molar-refractivity contribution in [2.45, 2.75) is 18.2 Å². The Kier molecular flexibility index (Phi) is 5.46. The van der Waals surface area contributed by atoms with Gasteiger partial charge in [-0.05, 0) is 42.3 Å². The Morgan fingerprint density at radius 1 is 0.967 bits per heavy atom. The highest BCUT2D eigenvalue weighted by Gasteiger charge is 2.19. The molecule has 1 N–H and O–H groups in total. The molecule has 0 fully saturated rings. The first-order valence-electron chi connectivity index (χ1n) is 9.48. The molecule has 0 amide bonds. The number of nitrogens with zero attached hydrogens (tertiary/aromatic N) is 2. The van der Waals surface area contributed by atoms with Gasteiger partial charge in [-0.1, -0.05) is 49.1 Å². The lowest BCUT2D eigenvalue weighted by molar-refractivity contribution is 0.602. The summed E-state index contributed by atoms with van der Waals surface area (Å²) in [7, 11) is -3.85. The van der Waals surface area contributed by atoms with Gasteiger partial charge in [-0.3, -0.25) is 14.7 Å². The molecule has 0 saturated carbocycles. The molecule has 4 rings (SSSR count). The van der Waals surface area contributed by atoms with E-state index in [0.29, 0.717) is 16.8 Å². The molecular formula is C24H19N3O2S. The minimum absolute atomic E-state index is 0.128. The fourth-order valence-electron chi connectivity index (χ4n) is 3.06. The molecule has 6 heteroatoms. The van der Waals surface area contributed by atoms with Crippen LogP contribution in [-0.4, -0.2) is 18.4 Å². The van der Waals surface area contributed by atoms with E-state index in [1.54, 1.807) is 48.8 Å². The third kappa shape index (κ3) is 4.17. The van der Waals surface area contributed by atoms with E-state index in [0.717, 1.165) is 22.9 Å². The lowest BCUT2D eigenvalue weighted by Gasteiger charge is -2.11. The highest BCUT2D eigenvalue weighted by Crippen LogP contribution is 2.24. The summed E-state index contributed by atoms with van der Waals surface area (Å²) in [5, 5.41) is 0.761. The molecule has 2 aromatic carbocycles. The summed E-state index contributed by atoms with van der Waals surface area (Å²) >= 11 is 0. The van der Waals surface area contributed by atoms with E-state index in [1.807, 2.05) is 30.5 Å². The van der Waals surface area contributed by atoms with Crippen molar-refractivity contribution in [1.29, 1.82) is 0 Å². The van der Waals surface area contributed by atoms with Gasteiger partial charge in [0.25, 0.3) is 10.0 Å². The molecule has 4 aromatic rings. The molecule has 0 bridgehead atoms. The number of anilines is 1. The van der Waals surface area contributed by atoms with Gasteiger partial charge in [0.1, 0.15) is 4.90 Å². The van der Waals surface area contributed by atoms with Gasteiger partial charge in [-0.25, -0.2) is 8.42 Å². The van der Waals surface area contributed by atoms with Crippen molar-refractivity contribution in [2.24, 2.45) is 0 Å².